The fourth-order valence-corrected chi connectivity index (χ4v) is 2.33. The molecule has 0 aromatic rings. The van der Waals surface area contributed by atoms with Crippen LogP contribution in [0.5, 0.6) is 0 Å². The molecule has 0 aromatic heterocycles. The van der Waals surface area contributed by atoms with Gasteiger partial charge in [-0.2, -0.15) is 0 Å². The molecule has 0 fully saturated rings. The molecule has 1 N–H and O–H groups in total. The number of rotatable bonds is 12. The van der Waals surface area contributed by atoms with E-state index in [2.05, 4.69) is 18.8 Å². The Morgan fingerprint density at radius 1 is 0.947 bits per heavy atom. The Kier molecular flexibility index (Phi) is 14.9. The smallest absolute Gasteiger partial charge is 0.313 e. The molecule has 0 aliphatic rings. The first-order chi connectivity index (χ1) is 9.27. The predicted octanol–water partition coefficient (Wildman–Crippen LogP) is 4.73. The Morgan fingerprint density at radius 3 is 2.11 bits per heavy atom. The van der Waals surface area contributed by atoms with E-state index in [1.54, 1.807) is 0 Å². The summed E-state index contributed by atoms with van der Waals surface area (Å²) in [7, 11) is 0. The fraction of sp³-hybridized carbons (Fsp3) is 0.812. The summed E-state index contributed by atoms with van der Waals surface area (Å²) in [6.07, 6.45) is 13.0. The Hall–Kier alpha value is -0.620. The fourth-order valence-electron chi connectivity index (χ4n) is 1.85. The van der Waals surface area contributed by atoms with Crippen LogP contribution < -0.4 is 0 Å². The van der Waals surface area contributed by atoms with Gasteiger partial charge < -0.3 is 5.11 Å². The summed E-state index contributed by atoms with van der Waals surface area (Å²) in [6, 6.07) is 0. The first-order valence-corrected chi connectivity index (χ1v) is 8.68. The zero-order valence-electron chi connectivity index (χ0n) is 12.2. The zero-order valence-corrected chi connectivity index (χ0v) is 13.1. The van der Waals surface area contributed by atoms with Gasteiger partial charge in [0.25, 0.3) is 0 Å². The number of carboxylic acids is 1. The molecule has 0 rings (SSSR count). The molecule has 3 heteroatoms. The SMILES string of the molecule is CCCCCCCCCCCC#CCSCC(=O)O. The lowest BCUT2D eigenvalue weighted by Gasteiger charge is -2.00. The van der Waals surface area contributed by atoms with E-state index in [1.165, 1.54) is 69.5 Å². The first kappa shape index (κ1) is 18.4. The Balaban J connectivity index is 3.10. The van der Waals surface area contributed by atoms with E-state index < -0.39 is 5.97 Å². The van der Waals surface area contributed by atoms with Crippen LogP contribution in [-0.4, -0.2) is 22.6 Å². The third kappa shape index (κ3) is 17.4. The van der Waals surface area contributed by atoms with Gasteiger partial charge in [0.2, 0.25) is 0 Å². The molecule has 0 unspecified atom stereocenters. The Bertz CT molecular complexity index is 266. The summed E-state index contributed by atoms with van der Waals surface area (Å²) < 4.78 is 0. The van der Waals surface area contributed by atoms with Crippen molar-refractivity contribution in [2.24, 2.45) is 0 Å². The standard InChI is InChI=1S/C16H28O2S/c1-2-3-4-5-6-7-8-9-10-11-12-13-14-19-15-16(17)18/h2-11,14-15H2,1H3,(H,17,18). The monoisotopic (exact) mass is 284 g/mol. The minimum atomic E-state index is -0.759. The van der Waals surface area contributed by atoms with Crippen molar-refractivity contribution >= 4 is 17.7 Å². The maximum atomic E-state index is 10.2. The van der Waals surface area contributed by atoms with E-state index >= 15 is 0 Å². The van der Waals surface area contributed by atoms with Gasteiger partial charge in [-0.15, -0.1) is 17.7 Å². The molecule has 19 heavy (non-hydrogen) atoms. The average Bonchev–Trinajstić information content (AvgIpc) is 2.39. The molecule has 0 bridgehead atoms. The quantitative estimate of drug-likeness (QED) is 0.416. The molecule has 0 saturated heterocycles. The number of aliphatic carboxylic acids is 1. The average molecular weight is 284 g/mol. The molecule has 0 saturated carbocycles. The molecule has 0 atom stereocenters. The van der Waals surface area contributed by atoms with E-state index in [0.717, 1.165) is 6.42 Å². The molecule has 0 aliphatic heterocycles. The Morgan fingerprint density at radius 2 is 1.53 bits per heavy atom. The minimum absolute atomic E-state index is 0.159. The molecular weight excluding hydrogens is 256 g/mol. The second-order valence-electron chi connectivity index (χ2n) is 4.82. The van der Waals surface area contributed by atoms with Crippen LogP contribution in [0.4, 0.5) is 0 Å². The molecule has 0 spiro atoms. The molecule has 2 nitrogen and oxygen atoms in total. The van der Waals surface area contributed by atoms with Gasteiger partial charge in [0.05, 0.1) is 11.5 Å². The van der Waals surface area contributed by atoms with Gasteiger partial charge in [0.15, 0.2) is 0 Å². The maximum Gasteiger partial charge on any atom is 0.313 e. The van der Waals surface area contributed by atoms with Crippen molar-refractivity contribution < 1.29 is 9.90 Å². The highest BCUT2D eigenvalue weighted by Gasteiger charge is 1.93. The van der Waals surface area contributed by atoms with Crippen LogP contribution in [0.15, 0.2) is 0 Å². The van der Waals surface area contributed by atoms with Crippen LogP contribution in [0.1, 0.15) is 71.1 Å². The third-order valence-corrected chi connectivity index (χ3v) is 3.73. The summed E-state index contributed by atoms with van der Waals surface area (Å²) in [5, 5.41) is 8.44. The van der Waals surface area contributed by atoms with Gasteiger partial charge in [-0.1, -0.05) is 64.2 Å². The summed E-state index contributed by atoms with van der Waals surface area (Å²) in [5.41, 5.74) is 0. The summed E-state index contributed by atoms with van der Waals surface area (Å²) in [5.74, 6) is 6.17. The molecule has 0 radical (unpaired) electrons. The normalized spacial score (nSPS) is 9.95. The van der Waals surface area contributed by atoms with Crippen molar-refractivity contribution in [1.82, 2.24) is 0 Å². The molecule has 0 amide bonds. The van der Waals surface area contributed by atoms with Crippen molar-refractivity contribution in [1.29, 1.82) is 0 Å². The van der Waals surface area contributed by atoms with E-state index in [9.17, 15) is 4.79 Å². The molecular formula is C16H28O2S. The number of carboxylic acid groups (broad SMARTS) is 1. The summed E-state index contributed by atoms with van der Waals surface area (Å²) in [6.45, 7) is 2.25. The van der Waals surface area contributed by atoms with Crippen LogP contribution in [0.3, 0.4) is 0 Å². The lowest BCUT2D eigenvalue weighted by molar-refractivity contribution is -0.133. The number of thioether (sulfide) groups is 1. The summed E-state index contributed by atoms with van der Waals surface area (Å²) >= 11 is 1.37. The van der Waals surface area contributed by atoms with Crippen molar-refractivity contribution in [2.75, 3.05) is 11.5 Å². The van der Waals surface area contributed by atoms with Crippen LogP contribution >= 0.6 is 11.8 Å². The van der Waals surface area contributed by atoms with Crippen LogP contribution in [0, 0.1) is 11.8 Å². The molecule has 0 aliphatic carbocycles. The van der Waals surface area contributed by atoms with Gasteiger partial charge in [-0.05, 0) is 6.42 Å². The van der Waals surface area contributed by atoms with Gasteiger partial charge >= 0.3 is 5.97 Å². The van der Waals surface area contributed by atoms with Gasteiger partial charge in [0, 0.05) is 6.42 Å². The van der Waals surface area contributed by atoms with Crippen LogP contribution in [0.2, 0.25) is 0 Å². The van der Waals surface area contributed by atoms with Gasteiger partial charge in [-0.25, -0.2) is 0 Å². The lowest BCUT2D eigenvalue weighted by atomic mass is 10.1. The number of carbonyl (C=O) groups is 1. The maximum absolute atomic E-state index is 10.2. The predicted molar refractivity (Wildman–Crippen MR) is 84.6 cm³/mol. The second kappa shape index (κ2) is 15.4. The summed E-state index contributed by atoms with van der Waals surface area (Å²) in [4.78, 5) is 10.2. The lowest BCUT2D eigenvalue weighted by Crippen LogP contribution is -1.97. The Labute approximate surface area is 122 Å². The largest absolute Gasteiger partial charge is 0.481 e. The minimum Gasteiger partial charge on any atom is -0.481 e. The van der Waals surface area contributed by atoms with Crippen LogP contribution in [-0.2, 0) is 4.79 Å². The van der Waals surface area contributed by atoms with E-state index in [-0.39, 0.29) is 5.75 Å². The first-order valence-electron chi connectivity index (χ1n) is 7.52. The highest BCUT2D eigenvalue weighted by atomic mass is 32.2. The highest BCUT2D eigenvalue weighted by Crippen LogP contribution is 2.10. The highest BCUT2D eigenvalue weighted by molar-refractivity contribution is 8.00. The van der Waals surface area contributed by atoms with E-state index in [4.69, 9.17) is 5.11 Å². The molecule has 0 heterocycles. The number of hydrogen-bond acceptors (Lipinski definition) is 2. The number of hydrogen-bond donors (Lipinski definition) is 1. The van der Waals surface area contributed by atoms with Crippen LogP contribution in [0.25, 0.3) is 0 Å². The second-order valence-corrected chi connectivity index (χ2v) is 5.80. The van der Waals surface area contributed by atoms with E-state index in [1.807, 2.05) is 0 Å². The van der Waals surface area contributed by atoms with Gasteiger partial charge in [0.1, 0.15) is 0 Å². The van der Waals surface area contributed by atoms with Crippen molar-refractivity contribution in [3.63, 3.8) is 0 Å². The molecule has 110 valence electrons. The topological polar surface area (TPSA) is 37.3 Å². The van der Waals surface area contributed by atoms with E-state index in [0.29, 0.717) is 5.75 Å². The molecule has 0 aromatic carbocycles. The number of unbranched alkanes of at least 4 members (excludes halogenated alkanes) is 9. The van der Waals surface area contributed by atoms with Crippen molar-refractivity contribution in [2.45, 2.75) is 71.1 Å². The van der Waals surface area contributed by atoms with Gasteiger partial charge in [-0.3, -0.25) is 4.79 Å². The van der Waals surface area contributed by atoms with Crippen molar-refractivity contribution in [3.05, 3.63) is 0 Å². The third-order valence-electron chi connectivity index (χ3n) is 2.93. The van der Waals surface area contributed by atoms with Crippen molar-refractivity contribution in [3.8, 4) is 11.8 Å². The zero-order chi connectivity index (χ0) is 14.2.